The van der Waals surface area contributed by atoms with Crippen LogP contribution < -0.4 is 5.48 Å². The molecule has 0 aliphatic heterocycles. The highest BCUT2D eigenvalue weighted by Gasteiger charge is 2.16. The molecule has 0 radical (unpaired) electrons. The van der Waals surface area contributed by atoms with Gasteiger partial charge < -0.3 is 5.11 Å². The summed E-state index contributed by atoms with van der Waals surface area (Å²) in [5.74, 6) is 0. The van der Waals surface area contributed by atoms with Crippen molar-refractivity contribution in [3.63, 3.8) is 0 Å². The number of hydrogen-bond acceptors (Lipinski definition) is 3. The molecule has 3 heteroatoms. The molecule has 0 atom stereocenters. The average molecular weight is 187 g/mol. The molecule has 1 aliphatic rings. The molecule has 78 valence electrons. The third kappa shape index (κ3) is 5.24. The van der Waals surface area contributed by atoms with Crippen LogP contribution >= 0.6 is 0 Å². The summed E-state index contributed by atoms with van der Waals surface area (Å²) in [6.45, 7) is 4.34. The zero-order valence-corrected chi connectivity index (χ0v) is 8.68. The third-order valence-electron chi connectivity index (χ3n) is 2.39. The molecule has 3 nitrogen and oxygen atoms in total. The minimum atomic E-state index is -0.591. The van der Waals surface area contributed by atoms with Crippen molar-refractivity contribution in [2.24, 2.45) is 0 Å². The normalized spacial score (nSPS) is 19.6. The molecule has 0 saturated heterocycles. The van der Waals surface area contributed by atoms with Crippen LogP contribution in [-0.2, 0) is 4.84 Å². The minimum Gasteiger partial charge on any atom is -0.390 e. The lowest BCUT2D eigenvalue weighted by Gasteiger charge is -2.18. The van der Waals surface area contributed by atoms with Gasteiger partial charge in [0.15, 0.2) is 0 Å². The summed E-state index contributed by atoms with van der Waals surface area (Å²) in [5.41, 5.74) is 2.33. The highest BCUT2D eigenvalue weighted by molar-refractivity contribution is 4.67. The zero-order chi connectivity index (χ0) is 9.73. The van der Waals surface area contributed by atoms with Crippen molar-refractivity contribution in [2.75, 3.05) is 6.54 Å². The lowest BCUT2D eigenvalue weighted by Crippen LogP contribution is -2.29. The van der Waals surface area contributed by atoms with Crippen LogP contribution in [0.15, 0.2) is 0 Å². The van der Waals surface area contributed by atoms with Gasteiger partial charge >= 0.3 is 0 Å². The number of aliphatic hydroxyl groups is 1. The molecule has 0 spiro atoms. The fourth-order valence-corrected chi connectivity index (χ4v) is 1.54. The van der Waals surface area contributed by atoms with Gasteiger partial charge in [0.1, 0.15) is 0 Å². The van der Waals surface area contributed by atoms with E-state index in [1.54, 1.807) is 0 Å². The van der Waals surface area contributed by atoms with Crippen LogP contribution in [-0.4, -0.2) is 23.4 Å². The van der Waals surface area contributed by atoms with Crippen LogP contribution in [0.2, 0.25) is 0 Å². The lowest BCUT2D eigenvalue weighted by molar-refractivity contribution is -0.0321. The zero-order valence-electron chi connectivity index (χ0n) is 8.68. The van der Waals surface area contributed by atoms with Crippen molar-refractivity contribution in [2.45, 2.75) is 57.7 Å². The number of rotatable bonds is 5. The fraction of sp³-hybridized carbons (Fsp3) is 1.00. The second-order valence-electron chi connectivity index (χ2n) is 4.48. The molecule has 0 unspecified atom stereocenters. The third-order valence-corrected chi connectivity index (χ3v) is 2.39. The van der Waals surface area contributed by atoms with Gasteiger partial charge in [-0.3, -0.25) is 4.84 Å². The maximum atomic E-state index is 9.41. The van der Waals surface area contributed by atoms with Crippen molar-refractivity contribution < 1.29 is 9.94 Å². The predicted molar refractivity (Wildman–Crippen MR) is 52.3 cm³/mol. The Morgan fingerprint density at radius 3 is 2.54 bits per heavy atom. The van der Waals surface area contributed by atoms with Gasteiger partial charge in [-0.15, -0.1) is 0 Å². The molecule has 0 amide bonds. The largest absolute Gasteiger partial charge is 0.390 e. The molecular formula is C10H21NO2. The van der Waals surface area contributed by atoms with E-state index in [9.17, 15) is 5.11 Å². The van der Waals surface area contributed by atoms with E-state index in [0.29, 0.717) is 6.10 Å². The van der Waals surface area contributed by atoms with Gasteiger partial charge in [0.2, 0.25) is 0 Å². The van der Waals surface area contributed by atoms with E-state index >= 15 is 0 Å². The van der Waals surface area contributed by atoms with E-state index < -0.39 is 5.60 Å². The van der Waals surface area contributed by atoms with E-state index in [2.05, 4.69) is 5.48 Å². The Kier molecular flexibility index (Phi) is 4.16. The molecule has 0 heterocycles. The van der Waals surface area contributed by atoms with Crippen molar-refractivity contribution >= 4 is 0 Å². The van der Waals surface area contributed by atoms with Crippen LogP contribution in [0.25, 0.3) is 0 Å². The number of hydroxylamine groups is 1. The SMILES string of the molecule is CC(C)(O)CCNOC1CCCC1. The van der Waals surface area contributed by atoms with Crippen molar-refractivity contribution in [3.05, 3.63) is 0 Å². The van der Waals surface area contributed by atoms with E-state index in [1.807, 2.05) is 13.8 Å². The first-order valence-electron chi connectivity index (χ1n) is 5.19. The molecule has 0 bridgehead atoms. The van der Waals surface area contributed by atoms with E-state index in [4.69, 9.17) is 4.84 Å². The first kappa shape index (κ1) is 11.0. The summed E-state index contributed by atoms with van der Waals surface area (Å²) in [6, 6.07) is 0. The summed E-state index contributed by atoms with van der Waals surface area (Å²) < 4.78 is 0. The Morgan fingerprint density at radius 1 is 1.38 bits per heavy atom. The Morgan fingerprint density at radius 2 is 2.00 bits per heavy atom. The van der Waals surface area contributed by atoms with Crippen LogP contribution in [0.5, 0.6) is 0 Å². The van der Waals surface area contributed by atoms with Crippen LogP contribution in [0, 0.1) is 0 Å². The first-order chi connectivity index (χ1) is 6.08. The standard InChI is InChI=1S/C10H21NO2/c1-10(2,12)7-8-11-13-9-5-3-4-6-9/h9,11-12H,3-8H2,1-2H3. The van der Waals surface area contributed by atoms with E-state index in [0.717, 1.165) is 13.0 Å². The topological polar surface area (TPSA) is 41.5 Å². The molecule has 13 heavy (non-hydrogen) atoms. The first-order valence-corrected chi connectivity index (χ1v) is 5.19. The summed E-state index contributed by atoms with van der Waals surface area (Å²) in [5, 5.41) is 9.41. The minimum absolute atomic E-state index is 0.404. The number of hydrogen-bond donors (Lipinski definition) is 2. The number of nitrogens with one attached hydrogen (secondary N) is 1. The molecule has 1 rings (SSSR count). The summed E-state index contributed by atoms with van der Waals surface area (Å²) in [6.07, 6.45) is 6.06. The molecule has 0 aromatic carbocycles. The highest BCUT2D eigenvalue weighted by atomic mass is 16.7. The van der Waals surface area contributed by atoms with Gasteiger partial charge in [-0.25, -0.2) is 5.48 Å². The monoisotopic (exact) mass is 187 g/mol. The predicted octanol–water partition coefficient (Wildman–Crippen LogP) is 1.61. The molecule has 0 aromatic rings. The quantitative estimate of drug-likeness (QED) is 0.507. The van der Waals surface area contributed by atoms with Gasteiger partial charge in [-0.05, 0) is 33.1 Å². The maximum absolute atomic E-state index is 9.41. The highest BCUT2D eigenvalue weighted by Crippen LogP contribution is 2.19. The van der Waals surface area contributed by atoms with Gasteiger partial charge in [-0.1, -0.05) is 12.8 Å². The summed E-state index contributed by atoms with van der Waals surface area (Å²) in [4.78, 5) is 5.44. The second kappa shape index (κ2) is 4.94. The lowest BCUT2D eigenvalue weighted by atomic mass is 10.1. The Labute approximate surface area is 80.4 Å². The molecule has 1 fully saturated rings. The van der Waals surface area contributed by atoms with Gasteiger partial charge in [0.25, 0.3) is 0 Å². The summed E-state index contributed by atoms with van der Waals surface area (Å²) in [7, 11) is 0. The molecule has 2 N–H and O–H groups in total. The fourth-order valence-electron chi connectivity index (χ4n) is 1.54. The van der Waals surface area contributed by atoms with Crippen molar-refractivity contribution in [3.8, 4) is 0 Å². The van der Waals surface area contributed by atoms with Crippen LogP contribution in [0.4, 0.5) is 0 Å². The Hall–Kier alpha value is -0.120. The van der Waals surface area contributed by atoms with E-state index in [-0.39, 0.29) is 0 Å². The van der Waals surface area contributed by atoms with Crippen LogP contribution in [0.3, 0.4) is 0 Å². The van der Waals surface area contributed by atoms with Crippen molar-refractivity contribution in [1.82, 2.24) is 5.48 Å². The van der Waals surface area contributed by atoms with Gasteiger partial charge in [-0.2, -0.15) is 0 Å². The average Bonchev–Trinajstić information content (AvgIpc) is 2.48. The van der Waals surface area contributed by atoms with Crippen LogP contribution in [0.1, 0.15) is 46.0 Å². The van der Waals surface area contributed by atoms with Gasteiger partial charge in [0.05, 0.1) is 11.7 Å². The maximum Gasteiger partial charge on any atom is 0.0790 e. The summed E-state index contributed by atoms with van der Waals surface area (Å²) >= 11 is 0. The Balaban J connectivity index is 1.94. The van der Waals surface area contributed by atoms with Gasteiger partial charge in [0, 0.05) is 6.54 Å². The molecular weight excluding hydrogens is 166 g/mol. The Bertz CT molecular complexity index is 136. The molecule has 1 aliphatic carbocycles. The second-order valence-corrected chi connectivity index (χ2v) is 4.48. The van der Waals surface area contributed by atoms with Crippen molar-refractivity contribution in [1.29, 1.82) is 0 Å². The smallest absolute Gasteiger partial charge is 0.0790 e. The van der Waals surface area contributed by atoms with E-state index in [1.165, 1.54) is 25.7 Å². The molecule has 0 aromatic heterocycles. The molecule has 1 saturated carbocycles.